The lowest BCUT2D eigenvalue weighted by molar-refractivity contribution is 0.181. The molecule has 0 aliphatic carbocycles. The van der Waals surface area contributed by atoms with Gasteiger partial charge in [-0.15, -0.1) is 0 Å². The van der Waals surface area contributed by atoms with Crippen molar-refractivity contribution in [3.05, 3.63) is 40.9 Å². The maximum Gasteiger partial charge on any atom is 0.162 e. The zero-order chi connectivity index (χ0) is 15.9. The van der Waals surface area contributed by atoms with Crippen LogP contribution in [0.25, 0.3) is 0 Å². The summed E-state index contributed by atoms with van der Waals surface area (Å²) in [7, 11) is 3.16. The minimum atomic E-state index is 0.0611. The number of nitrogens with one attached hydrogen (secondary N) is 1. The molecule has 0 aliphatic heterocycles. The Morgan fingerprint density at radius 3 is 2.55 bits per heavy atom. The molecule has 0 unspecified atom stereocenters. The summed E-state index contributed by atoms with van der Waals surface area (Å²) >= 11 is 6.32. The molecule has 0 spiro atoms. The number of aliphatic hydroxyl groups excluding tert-OH is 1. The summed E-state index contributed by atoms with van der Waals surface area (Å²) in [5.41, 5.74) is 0.902. The lowest BCUT2D eigenvalue weighted by atomic mass is 10.1. The molecule has 7 heteroatoms. The summed E-state index contributed by atoms with van der Waals surface area (Å²) in [6.07, 6.45) is 3.48. The van der Waals surface area contributed by atoms with Gasteiger partial charge < -0.3 is 19.6 Å². The normalized spacial score (nSPS) is 11.0. The van der Waals surface area contributed by atoms with Crippen LogP contribution in [0.3, 0.4) is 0 Å². The first-order valence-electron chi connectivity index (χ1n) is 6.89. The molecular weight excluding hydrogens is 306 g/mol. The highest BCUT2D eigenvalue weighted by molar-refractivity contribution is 6.31. The van der Waals surface area contributed by atoms with Crippen LogP contribution in [0.15, 0.2) is 24.5 Å². The first-order chi connectivity index (χ1) is 10.7. The smallest absolute Gasteiger partial charge is 0.162 e. The van der Waals surface area contributed by atoms with Gasteiger partial charge in [0.25, 0.3) is 0 Å². The van der Waals surface area contributed by atoms with Gasteiger partial charge in [-0.2, -0.15) is 0 Å². The third kappa shape index (κ3) is 4.13. The average Bonchev–Trinajstić information content (AvgIpc) is 3.02. The third-order valence-corrected chi connectivity index (χ3v) is 3.64. The molecule has 120 valence electrons. The van der Waals surface area contributed by atoms with Crippen molar-refractivity contribution in [1.82, 2.24) is 14.9 Å². The van der Waals surface area contributed by atoms with E-state index in [0.29, 0.717) is 36.2 Å². The number of halogens is 1. The fourth-order valence-corrected chi connectivity index (χ4v) is 2.42. The Kier molecular flexibility index (Phi) is 6.06. The van der Waals surface area contributed by atoms with E-state index in [1.165, 1.54) is 0 Å². The maximum atomic E-state index is 9.25. The van der Waals surface area contributed by atoms with Crippen molar-refractivity contribution in [2.45, 2.75) is 13.1 Å². The van der Waals surface area contributed by atoms with Crippen LogP contribution in [-0.2, 0) is 13.1 Å². The molecule has 0 atom stereocenters. The van der Waals surface area contributed by atoms with E-state index in [1.807, 2.05) is 11.0 Å². The molecule has 1 aromatic carbocycles. The second-order valence-electron chi connectivity index (χ2n) is 4.77. The Hall–Kier alpha value is -1.76. The molecule has 0 fully saturated rings. The van der Waals surface area contributed by atoms with Crippen molar-refractivity contribution < 1.29 is 14.6 Å². The summed E-state index contributed by atoms with van der Waals surface area (Å²) in [4.78, 5) is 9.31. The van der Waals surface area contributed by atoms with Crippen molar-refractivity contribution in [2.75, 3.05) is 27.4 Å². The highest BCUT2D eigenvalue weighted by atomic mass is 35.5. The number of methoxy groups -OCH3 is 2. The number of nitrogens with zero attached hydrogens (tertiary/aromatic N) is 2. The fourth-order valence-electron chi connectivity index (χ4n) is 2.21. The van der Waals surface area contributed by atoms with E-state index in [9.17, 15) is 5.11 Å². The van der Waals surface area contributed by atoms with E-state index >= 15 is 0 Å². The van der Waals surface area contributed by atoms with Crippen molar-refractivity contribution in [2.24, 2.45) is 0 Å². The van der Waals surface area contributed by atoms with Crippen molar-refractivity contribution in [1.29, 1.82) is 0 Å². The van der Waals surface area contributed by atoms with Gasteiger partial charge in [0.05, 0.1) is 27.4 Å². The number of aromatic nitrogens is 2. The van der Waals surface area contributed by atoms with Gasteiger partial charge in [-0.25, -0.2) is 4.98 Å². The van der Waals surface area contributed by atoms with E-state index < -0.39 is 0 Å². The van der Waals surface area contributed by atoms with Gasteiger partial charge in [-0.05, 0) is 11.6 Å². The van der Waals surface area contributed by atoms with E-state index in [0.717, 1.165) is 11.4 Å². The molecule has 2 aromatic rings. The standard InChI is InChI=1S/C15H20ClN3O3/c1-21-13-7-11(12(16)8-14(13)22-2)9-19(5-6-20)10-15-17-3-4-18-15/h3-4,7-8,20H,5-6,9-10H2,1-2H3,(H,17,18). The van der Waals surface area contributed by atoms with Crippen molar-refractivity contribution in [3.63, 3.8) is 0 Å². The lowest BCUT2D eigenvalue weighted by Crippen LogP contribution is -2.26. The molecule has 0 saturated carbocycles. The molecule has 0 saturated heterocycles. The minimum Gasteiger partial charge on any atom is -0.493 e. The van der Waals surface area contributed by atoms with Gasteiger partial charge >= 0.3 is 0 Å². The van der Waals surface area contributed by atoms with Crippen LogP contribution in [0.2, 0.25) is 5.02 Å². The quantitative estimate of drug-likeness (QED) is 0.777. The molecule has 0 aliphatic rings. The van der Waals surface area contributed by atoms with Gasteiger partial charge in [0.1, 0.15) is 5.82 Å². The summed E-state index contributed by atoms with van der Waals surface area (Å²) in [6, 6.07) is 3.59. The maximum absolute atomic E-state index is 9.25. The zero-order valence-corrected chi connectivity index (χ0v) is 13.4. The Labute approximate surface area is 134 Å². The number of imidazole rings is 1. The second-order valence-corrected chi connectivity index (χ2v) is 5.18. The zero-order valence-electron chi connectivity index (χ0n) is 12.7. The number of ether oxygens (including phenoxy) is 2. The molecular formula is C15H20ClN3O3. The third-order valence-electron chi connectivity index (χ3n) is 3.29. The molecule has 22 heavy (non-hydrogen) atoms. The van der Waals surface area contributed by atoms with Gasteiger partial charge in [-0.1, -0.05) is 11.6 Å². The van der Waals surface area contributed by atoms with Crippen molar-refractivity contribution >= 4 is 11.6 Å². The number of H-pyrrole nitrogens is 1. The van der Waals surface area contributed by atoms with E-state index in [4.69, 9.17) is 21.1 Å². The predicted molar refractivity (Wildman–Crippen MR) is 84.3 cm³/mol. The number of aliphatic hydroxyl groups is 1. The largest absolute Gasteiger partial charge is 0.493 e. The van der Waals surface area contributed by atoms with E-state index in [-0.39, 0.29) is 6.61 Å². The number of hydrogen-bond donors (Lipinski definition) is 2. The van der Waals surface area contributed by atoms with Gasteiger partial charge in [0, 0.05) is 36.6 Å². The van der Waals surface area contributed by atoms with Crippen LogP contribution >= 0.6 is 11.6 Å². The summed E-state index contributed by atoms with van der Waals surface area (Å²) in [5, 5.41) is 9.84. The predicted octanol–water partition coefficient (Wildman–Crippen LogP) is 2.07. The molecule has 0 amide bonds. The molecule has 0 bridgehead atoms. The van der Waals surface area contributed by atoms with Crippen molar-refractivity contribution in [3.8, 4) is 11.5 Å². The van der Waals surface area contributed by atoms with Gasteiger partial charge in [-0.3, -0.25) is 4.90 Å². The van der Waals surface area contributed by atoms with E-state index in [2.05, 4.69) is 9.97 Å². The Bertz CT molecular complexity index is 590. The summed E-state index contributed by atoms with van der Waals surface area (Å²) < 4.78 is 10.5. The molecule has 2 N–H and O–H groups in total. The highest BCUT2D eigenvalue weighted by Crippen LogP contribution is 2.33. The lowest BCUT2D eigenvalue weighted by Gasteiger charge is -2.21. The van der Waals surface area contributed by atoms with Crippen LogP contribution in [0, 0.1) is 0 Å². The Morgan fingerprint density at radius 1 is 1.23 bits per heavy atom. The molecule has 2 rings (SSSR count). The topological polar surface area (TPSA) is 70.6 Å². The van der Waals surface area contributed by atoms with Crippen LogP contribution in [0.4, 0.5) is 0 Å². The first-order valence-corrected chi connectivity index (χ1v) is 7.27. The van der Waals surface area contributed by atoms with Crippen LogP contribution in [0.1, 0.15) is 11.4 Å². The summed E-state index contributed by atoms with van der Waals surface area (Å²) in [5.74, 6) is 2.06. The number of benzene rings is 1. The number of hydrogen-bond acceptors (Lipinski definition) is 5. The van der Waals surface area contributed by atoms with Gasteiger partial charge in [0.15, 0.2) is 11.5 Å². The molecule has 0 radical (unpaired) electrons. The molecule has 1 aromatic heterocycles. The number of aromatic amines is 1. The SMILES string of the molecule is COc1cc(Cl)c(CN(CCO)Cc2ncc[nH]2)cc1OC. The first kappa shape index (κ1) is 16.6. The van der Waals surface area contributed by atoms with Crippen LogP contribution in [0.5, 0.6) is 11.5 Å². The minimum absolute atomic E-state index is 0.0611. The van der Waals surface area contributed by atoms with Crippen LogP contribution < -0.4 is 9.47 Å². The average molecular weight is 326 g/mol. The Morgan fingerprint density at radius 2 is 1.95 bits per heavy atom. The highest BCUT2D eigenvalue weighted by Gasteiger charge is 2.14. The van der Waals surface area contributed by atoms with E-state index in [1.54, 1.807) is 32.7 Å². The molecule has 1 heterocycles. The monoisotopic (exact) mass is 325 g/mol. The Balaban J connectivity index is 2.18. The van der Waals surface area contributed by atoms with Crippen LogP contribution in [-0.4, -0.2) is 47.3 Å². The number of rotatable bonds is 8. The second kappa shape index (κ2) is 8.03. The fraction of sp³-hybridized carbons (Fsp3) is 0.400. The molecule has 6 nitrogen and oxygen atoms in total. The summed E-state index contributed by atoms with van der Waals surface area (Å²) in [6.45, 7) is 1.75. The van der Waals surface area contributed by atoms with Gasteiger partial charge in [0.2, 0.25) is 0 Å².